The third-order valence-electron chi connectivity index (χ3n) is 2.61. The first-order chi connectivity index (χ1) is 7.22. The van der Waals surface area contributed by atoms with Gasteiger partial charge in [0.15, 0.2) is 0 Å². The van der Waals surface area contributed by atoms with Crippen LogP contribution in [0.2, 0.25) is 5.02 Å². The van der Waals surface area contributed by atoms with Gasteiger partial charge in [-0.15, -0.1) is 0 Å². The average molecular weight is 334 g/mol. The van der Waals surface area contributed by atoms with Crippen molar-refractivity contribution >= 4 is 45.1 Å². The standard InChI is InChI=1S/C12H13ClIN/c1-15-8-9(3-2-6-14)11-7-10(13)4-5-12(11)15/h4-5,7-8H,2-3,6H2,1H3. The van der Waals surface area contributed by atoms with Crippen molar-refractivity contribution in [2.75, 3.05) is 4.43 Å². The van der Waals surface area contributed by atoms with Crippen LogP contribution in [0.15, 0.2) is 24.4 Å². The van der Waals surface area contributed by atoms with Crippen LogP contribution in [0.5, 0.6) is 0 Å². The van der Waals surface area contributed by atoms with E-state index in [1.807, 2.05) is 6.07 Å². The molecular formula is C12H13ClIN. The molecule has 0 aliphatic rings. The van der Waals surface area contributed by atoms with Crippen LogP contribution in [0, 0.1) is 0 Å². The average Bonchev–Trinajstić information content (AvgIpc) is 2.52. The van der Waals surface area contributed by atoms with Crippen LogP contribution in [-0.4, -0.2) is 8.99 Å². The molecule has 1 aromatic carbocycles. The fourth-order valence-corrected chi connectivity index (χ4v) is 2.46. The minimum absolute atomic E-state index is 0.824. The zero-order valence-corrected chi connectivity index (χ0v) is 11.5. The van der Waals surface area contributed by atoms with E-state index >= 15 is 0 Å². The van der Waals surface area contributed by atoms with Gasteiger partial charge < -0.3 is 4.57 Å². The largest absolute Gasteiger partial charge is 0.350 e. The summed E-state index contributed by atoms with van der Waals surface area (Å²) in [5, 5.41) is 2.12. The number of hydrogen-bond acceptors (Lipinski definition) is 0. The highest BCUT2D eigenvalue weighted by atomic mass is 127. The highest BCUT2D eigenvalue weighted by Crippen LogP contribution is 2.25. The third kappa shape index (κ3) is 2.31. The van der Waals surface area contributed by atoms with Gasteiger partial charge in [0.1, 0.15) is 0 Å². The Morgan fingerprint density at radius 2 is 2.20 bits per heavy atom. The minimum Gasteiger partial charge on any atom is -0.350 e. The van der Waals surface area contributed by atoms with Crippen molar-refractivity contribution in [3.05, 3.63) is 35.0 Å². The zero-order valence-electron chi connectivity index (χ0n) is 8.63. The molecular weight excluding hydrogens is 320 g/mol. The molecule has 0 saturated heterocycles. The Labute approximate surface area is 109 Å². The van der Waals surface area contributed by atoms with Gasteiger partial charge in [0.25, 0.3) is 0 Å². The second-order valence-electron chi connectivity index (χ2n) is 3.72. The molecule has 0 unspecified atom stereocenters. The van der Waals surface area contributed by atoms with E-state index in [1.54, 1.807) is 0 Å². The van der Waals surface area contributed by atoms with Crippen LogP contribution in [-0.2, 0) is 13.5 Å². The van der Waals surface area contributed by atoms with Gasteiger partial charge in [0.2, 0.25) is 0 Å². The van der Waals surface area contributed by atoms with E-state index in [1.165, 1.54) is 27.3 Å². The van der Waals surface area contributed by atoms with E-state index in [9.17, 15) is 0 Å². The lowest BCUT2D eigenvalue weighted by Crippen LogP contribution is -1.84. The summed E-state index contributed by atoms with van der Waals surface area (Å²) >= 11 is 8.44. The predicted molar refractivity (Wildman–Crippen MR) is 75.1 cm³/mol. The summed E-state index contributed by atoms with van der Waals surface area (Å²) in [5.41, 5.74) is 2.68. The summed E-state index contributed by atoms with van der Waals surface area (Å²) < 4.78 is 3.38. The third-order valence-corrected chi connectivity index (χ3v) is 3.61. The second kappa shape index (κ2) is 4.74. The molecule has 1 aromatic heterocycles. The van der Waals surface area contributed by atoms with Crippen molar-refractivity contribution in [2.24, 2.45) is 7.05 Å². The van der Waals surface area contributed by atoms with E-state index < -0.39 is 0 Å². The Morgan fingerprint density at radius 3 is 2.93 bits per heavy atom. The smallest absolute Gasteiger partial charge is 0.0481 e. The summed E-state index contributed by atoms with van der Waals surface area (Å²) in [6.07, 6.45) is 4.58. The summed E-state index contributed by atoms with van der Waals surface area (Å²) in [6.45, 7) is 0. The number of aryl methyl sites for hydroxylation is 2. The summed E-state index contributed by atoms with van der Waals surface area (Å²) in [4.78, 5) is 0. The van der Waals surface area contributed by atoms with E-state index in [-0.39, 0.29) is 0 Å². The molecule has 3 heteroatoms. The highest BCUT2D eigenvalue weighted by molar-refractivity contribution is 14.1. The molecule has 0 N–H and O–H groups in total. The molecule has 0 atom stereocenters. The number of rotatable bonds is 3. The molecule has 0 spiro atoms. The van der Waals surface area contributed by atoms with Gasteiger partial charge in [0.05, 0.1) is 0 Å². The zero-order chi connectivity index (χ0) is 10.8. The van der Waals surface area contributed by atoms with Gasteiger partial charge in [-0.3, -0.25) is 0 Å². The molecule has 0 saturated carbocycles. The molecule has 1 nitrogen and oxygen atoms in total. The number of nitrogens with zero attached hydrogens (tertiary/aromatic N) is 1. The maximum absolute atomic E-state index is 6.02. The summed E-state index contributed by atoms with van der Waals surface area (Å²) in [5.74, 6) is 0. The molecule has 0 bridgehead atoms. The van der Waals surface area contributed by atoms with E-state index in [2.05, 4.69) is 52.5 Å². The Bertz CT molecular complexity index is 476. The highest BCUT2D eigenvalue weighted by Gasteiger charge is 2.06. The van der Waals surface area contributed by atoms with Crippen molar-refractivity contribution in [1.29, 1.82) is 0 Å². The Hall–Kier alpha value is -0.220. The van der Waals surface area contributed by atoms with Crippen molar-refractivity contribution < 1.29 is 0 Å². The summed E-state index contributed by atoms with van der Waals surface area (Å²) in [7, 11) is 2.09. The Kier molecular flexibility index (Phi) is 3.57. The lowest BCUT2D eigenvalue weighted by Gasteiger charge is -1.97. The van der Waals surface area contributed by atoms with E-state index in [0.717, 1.165) is 11.4 Å². The monoisotopic (exact) mass is 333 g/mol. The van der Waals surface area contributed by atoms with Crippen LogP contribution >= 0.6 is 34.2 Å². The van der Waals surface area contributed by atoms with Crippen molar-refractivity contribution in [2.45, 2.75) is 12.8 Å². The quantitative estimate of drug-likeness (QED) is 0.586. The molecule has 80 valence electrons. The first-order valence-electron chi connectivity index (χ1n) is 5.02. The van der Waals surface area contributed by atoms with Gasteiger partial charge in [-0.05, 0) is 41.0 Å². The van der Waals surface area contributed by atoms with Crippen molar-refractivity contribution in [1.82, 2.24) is 4.57 Å². The van der Waals surface area contributed by atoms with Crippen molar-refractivity contribution in [3.8, 4) is 0 Å². The first kappa shape index (κ1) is 11.3. The number of benzene rings is 1. The molecule has 0 amide bonds. The topological polar surface area (TPSA) is 4.93 Å². The van der Waals surface area contributed by atoms with Gasteiger partial charge >= 0.3 is 0 Å². The predicted octanol–water partition coefficient (Wildman–Crippen LogP) is 4.20. The van der Waals surface area contributed by atoms with E-state index in [4.69, 9.17) is 11.6 Å². The normalized spacial score (nSPS) is 11.1. The van der Waals surface area contributed by atoms with Crippen LogP contribution in [0.4, 0.5) is 0 Å². The number of fused-ring (bicyclic) bond motifs is 1. The maximum atomic E-state index is 6.02. The maximum Gasteiger partial charge on any atom is 0.0481 e. The molecule has 2 rings (SSSR count). The van der Waals surface area contributed by atoms with Gasteiger partial charge in [0, 0.05) is 29.2 Å². The van der Waals surface area contributed by atoms with Crippen LogP contribution in [0.25, 0.3) is 10.9 Å². The first-order valence-corrected chi connectivity index (χ1v) is 6.92. The Morgan fingerprint density at radius 1 is 1.40 bits per heavy atom. The number of hydrogen-bond donors (Lipinski definition) is 0. The van der Waals surface area contributed by atoms with Gasteiger partial charge in [-0.2, -0.15) is 0 Å². The van der Waals surface area contributed by atoms with Gasteiger partial charge in [-0.25, -0.2) is 0 Å². The molecule has 0 aliphatic heterocycles. The van der Waals surface area contributed by atoms with Gasteiger partial charge in [-0.1, -0.05) is 34.2 Å². The fourth-order valence-electron chi connectivity index (χ4n) is 1.90. The fraction of sp³-hybridized carbons (Fsp3) is 0.333. The Balaban J connectivity index is 2.49. The molecule has 15 heavy (non-hydrogen) atoms. The number of aromatic nitrogens is 1. The molecule has 2 aromatic rings. The second-order valence-corrected chi connectivity index (χ2v) is 5.23. The van der Waals surface area contributed by atoms with E-state index in [0.29, 0.717) is 0 Å². The van der Waals surface area contributed by atoms with Crippen LogP contribution < -0.4 is 0 Å². The SMILES string of the molecule is Cn1cc(CCCI)c2cc(Cl)ccc21. The number of halogens is 2. The lowest BCUT2D eigenvalue weighted by atomic mass is 10.1. The van der Waals surface area contributed by atoms with Crippen LogP contribution in [0.3, 0.4) is 0 Å². The minimum atomic E-state index is 0.824. The molecule has 0 fully saturated rings. The molecule has 0 aliphatic carbocycles. The summed E-state index contributed by atoms with van der Waals surface area (Å²) in [6, 6.07) is 6.11. The molecule has 1 heterocycles. The lowest BCUT2D eigenvalue weighted by molar-refractivity contribution is 0.917. The number of alkyl halides is 1. The van der Waals surface area contributed by atoms with Crippen LogP contribution in [0.1, 0.15) is 12.0 Å². The van der Waals surface area contributed by atoms with Crippen molar-refractivity contribution in [3.63, 3.8) is 0 Å². The molecule has 0 radical (unpaired) electrons.